The Morgan fingerprint density at radius 1 is 1.32 bits per heavy atom. The van der Waals surface area contributed by atoms with Crippen molar-refractivity contribution in [3.05, 3.63) is 52.7 Å². The number of hydrogen-bond acceptors (Lipinski definition) is 6. The highest BCUT2D eigenvalue weighted by atomic mass is 16.5. The molecule has 0 aliphatic carbocycles. The zero-order valence-electron chi connectivity index (χ0n) is 11.8. The zero-order valence-corrected chi connectivity index (χ0v) is 11.8. The number of ether oxygens (including phenoxy) is 1. The number of fused-ring (bicyclic) bond motifs is 1. The number of benzene rings is 1. The average molecular weight is 298 g/mol. The van der Waals surface area contributed by atoms with Gasteiger partial charge in [0.1, 0.15) is 6.54 Å². The Bertz CT molecular complexity index is 864. The van der Waals surface area contributed by atoms with Gasteiger partial charge in [-0.15, -0.1) is 0 Å². The van der Waals surface area contributed by atoms with Gasteiger partial charge in [0.2, 0.25) is 5.89 Å². The van der Waals surface area contributed by atoms with Crippen LogP contribution >= 0.6 is 0 Å². The van der Waals surface area contributed by atoms with Gasteiger partial charge in [0, 0.05) is 12.5 Å². The third-order valence-corrected chi connectivity index (χ3v) is 3.82. The lowest BCUT2D eigenvalue weighted by molar-refractivity contribution is 0.192. The largest absolute Gasteiger partial charge is 0.381 e. The standard InChI is InChI=1S/C15H14N4O3/c20-15-11-3-1-2-4-12(11)16-9-19(15)7-13-17-14(18-22-13)10-5-6-21-8-10/h1-4,9-10H,5-8H2. The highest BCUT2D eigenvalue weighted by molar-refractivity contribution is 5.76. The van der Waals surface area contributed by atoms with Crippen molar-refractivity contribution in [2.24, 2.45) is 0 Å². The van der Waals surface area contributed by atoms with Crippen LogP contribution < -0.4 is 5.56 Å². The van der Waals surface area contributed by atoms with Crippen LogP contribution in [-0.2, 0) is 11.3 Å². The minimum absolute atomic E-state index is 0.116. The smallest absolute Gasteiger partial charge is 0.261 e. The summed E-state index contributed by atoms with van der Waals surface area (Å²) in [6.45, 7) is 1.57. The summed E-state index contributed by atoms with van der Waals surface area (Å²) >= 11 is 0. The van der Waals surface area contributed by atoms with Crippen molar-refractivity contribution in [1.82, 2.24) is 19.7 Å². The monoisotopic (exact) mass is 298 g/mol. The SMILES string of the molecule is O=c1c2ccccc2ncn1Cc1nc(C2CCOC2)no1. The summed E-state index contributed by atoms with van der Waals surface area (Å²) in [7, 11) is 0. The molecule has 112 valence electrons. The summed E-state index contributed by atoms with van der Waals surface area (Å²) in [4.78, 5) is 21.0. The molecule has 4 rings (SSSR count). The van der Waals surface area contributed by atoms with E-state index in [1.54, 1.807) is 6.07 Å². The average Bonchev–Trinajstić information content (AvgIpc) is 3.21. The van der Waals surface area contributed by atoms with Crippen molar-refractivity contribution in [2.45, 2.75) is 18.9 Å². The fourth-order valence-electron chi connectivity index (χ4n) is 2.60. The second-order valence-corrected chi connectivity index (χ2v) is 5.30. The van der Waals surface area contributed by atoms with Crippen LogP contribution in [-0.4, -0.2) is 32.9 Å². The molecule has 7 heteroatoms. The molecular formula is C15H14N4O3. The molecule has 1 atom stereocenters. The summed E-state index contributed by atoms with van der Waals surface area (Å²) in [6, 6.07) is 7.25. The maximum Gasteiger partial charge on any atom is 0.261 e. The Morgan fingerprint density at radius 2 is 2.23 bits per heavy atom. The van der Waals surface area contributed by atoms with Crippen LogP contribution in [0.1, 0.15) is 24.1 Å². The van der Waals surface area contributed by atoms with Crippen molar-refractivity contribution < 1.29 is 9.26 Å². The van der Waals surface area contributed by atoms with Gasteiger partial charge in [-0.2, -0.15) is 4.98 Å². The molecule has 0 saturated carbocycles. The first-order chi connectivity index (χ1) is 10.8. The highest BCUT2D eigenvalue weighted by Gasteiger charge is 2.23. The molecular weight excluding hydrogens is 284 g/mol. The van der Waals surface area contributed by atoms with E-state index in [1.807, 2.05) is 18.2 Å². The van der Waals surface area contributed by atoms with Crippen LogP contribution in [0.4, 0.5) is 0 Å². The van der Waals surface area contributed by atoms with Crippen LogP contribution in [0.2, 0.25) is 0 Å². The molecule has 2 aromatic heterocycles. The van der Waals surface area contributed by atoms with E-state index in [-0.39, 0.29) is 18.0 Å². The molecule has 1 aliphatic heterocycles. The molecule has 7 nitrogen and oxygen atoms in total. The Balaban J connectivity index is 1.63. The summed E-state index contributed by atoms with van der Waals surface area (Å²) in [5.74, 6) is 1.24. The minimum Gasteiger partial charge on any atom is -0.381 e. The molecule has 0 spiro atoms. The van der Waals surface area contributed by atoms with Gasteiger partial charge in [0.05, 0.1) is 23.8 Å². The fraction of sp³-hybridized carbons (Fsp3) is 0.333. The number of nitrogens with zero attached hydrogens (tertiary/aromatic N) is 4. The van der Waals surface area contributed by atoms with Crippen LogP contribution in [0.25, 0.3) is 10.9 Å². The van der Waals surface area contributed by atoms with Crippen LogP contribution in [0.5, 0.6) is 0 Å². The Labute approximate surface area is 125 Å². The highest BCUT2D eigenvalue weighted by Crippen LogP contribution is 2.22. The third-order valence-electron chi connectivity index (χ3n) is 3.82. The van der Waals surface area contributed by atoms with Crippen LogP contribution in [0.3, 0.4) is 0 Å². The van der Waals surface area contributed by atoms with E-state index >= 15 is 0 Å². The predicted molar refractivity (Wildman–Crippen MR) is 77.6 cm³/mol. The first-order valence-electron chi connectivity index (χ1n) is 7.15. The maximum absolute atomic E-state index is 12.4. The minimum atomic E-state index is -0.116. The third kappa shape index (κ3) is 2.29. The molecule has 1 saturated heterocycles. The summed E-state index contributed by atoms with van der Waals surface area (Å²) < 4.78 is 12.0. The predicted octanol–water partition coefficient (Wildman–Crippen LogP) is 1.33. The lowest BCUT2D eigenvalue weighted by Crippen LogP contribution is -2.21. The Hall–Kier alpha value is -2.54. The molecule has 0 radical (unpaired) electrons. The summed E-state index contributed by atoms with van der Waals surface area (Å²) in [6.07, 6.45) is 2.41. The van der Waals surface area contributed by atoms with E-state index in [4.69, 9.17) is 9.26 Å². The molecule has 1 aliphatic rings. The van der Waals surface area contributed by atoms with Gasteiger partial charge >= 0.3 is 0 Å². The van der Waals surface area contributed by atoms with E-state index in [2.05, 4.69) is 15.1 Å². The van der Waals surface area contributed by atoms with E-state index in [9.17, 15) is 4.79 Å². The van der Waals surface area contributed by atoms with Crippen molar-refractivity contribution in [3.63, 3.8) is 0 Å². The second-order valence-electron chi connectivity index (χ2n) is 5.30. The van der Waals surface area contributed by atoms with Crippen molar-refractivity contribution in [1.29, 1.82) is 0 Å². The van der Waals surface area contributed by atoms with Crippen LogP contribution in [0.15, 0.2) is 39.9 Å². The Morgan fingerprint density at radius 3 is 3.09 bits per heavy atom. The van der Waals surface area contributed by atoms with Gasteiger partial charge in [-0.1, -0.05) is 17.3 Å². The molecule has 22 heavy (non-hydrogen) atoms. The normalized spacial score (nSPS) is 18.1. The topological polar surface area (TPSA) is 83.0 Å². The molecule has 1 aromatic carbocycles. The summed E-state index contributed by atoms with van der Waals surface area (Å²) in [5, 5.41) is 4.56. The lowest BCUT2D eigenvalue weighted by Gasteiger charge is -2.03. The first kappa shape index (κ1) is 13.1. The van der Waals surface area contributed by atoms with E-state index in [1.165, 1.54) is 10.9 Å². The van der Waals surface area contributed by atoms with E-state index < -0.39 is 0 Å². The van der Waals surface area contributed by atoms with Crippen molar-refractivity contribution >= 4 is 10.9 Å². The maximum atomic E-state index is 12.4. The first-order valence-corrected chi connectivity index (χ1v) is 7.15. The molecule has 0 amide bonds. The second kappa shape index (κ2) is 5.34. The molecule has 3 aromatic rings. The van der Waals surface area contributed by atoms with Gasteiger partial charge in [-0.25, -0.2) is 4.98 Å². The van der Waals surface area contributed by atoms with Crippen molar-refractivity contribution in [2.75, 3.05) is 13.2 Å². The molecule has 1 unspecified atom stereocenters. The number of aromatic nitrogens is 4. The fourth-order valence-corrected chi connectivity index (χ4v) is 2.60. The lowest BCUT2D eigenvalue weighted by atomic mass is 10.1. The Kier molecular flexibility index (Phi) is 3.19. The van der Waals surface area contributed by atoms with Gasteiger partial charge in [0.25, 0.3) is 5.56 Å². The molecule has 0 bridgehead atoms. The van der Waals surface area contributed by atoms with Gasteiger partial charge in [0.15, 0.2) is 5.82 Å². The zero-order chi connectivity index (χ0) is 14.9. The number of hydrogen-bond donors (Lipinski definition) is 0. The van der Waals surface area contributed by atoms with E-state index in [0.717, 1.165) is 13.0 Å². The molecule has 3 heterocycles. The van der Waals surface area contributed by atoms with Gasteiger partial charge < -0.3 is 9.26 Å². The molecule has 0 N–H and O–H groups in total. The van der Waals surface area contributed by atoms with Crippen molar-refractivity contribution in [3.8, 4) is 0 Å². The summed E-state index contributed by atoms with van der Waals surface area (Å²) in [5.41, 5.74) is 0.563. The van der Waals surface area contributed by atoms with Crippen LogP contribution in [0, 0.1) is 0 Å². The van der Waals surface area contributed by atoms with E-state index in [0.29, 0.717) is 29.2 Å². The number of para-hydroxylation sites is 1. The quantitative estimate of drug-likeness (QED) is 0.725. The van der Waals surface area contributed by atoms with Gasteiger partial charge in [-0.3, -0.25) is 9.36 Å². The van der Waals surface area contributed by atoms with Gasteiger partial charge in [-0.05, 0) is 18.6 Å². The molecule has 1 fully saturated rings. The number of rotatable bonds is 3.